The average Bonchev–Trinajstić information content (AvgIpc) is 2.68. The molecule has 0 saturated carbocycles. The predicted octanol–water partition coefficient (Wildman–Crippen LogP) is 1.88. The van der Waals surface area contributed by atoms with Gasteiger partial charge in [-0.25, -0.2) is 0 Å². The van der Waals surface area contributed by atoms with Crippen molar-refractivity contribution in [1.29, 1.82) is 0 Å². The number of thiophene rings is 1. The minimum absolute atomic E-state index is 0.0933. The van der Waals surface area contributed by atoms with E-state index in [1.54, 1.807) is 23.1 Å². The van der Waals surface area contributed by atoms with Crippen LogP contribution in [0, 0.1) is 0 Å². The molecule has 0 spiro atoms. The zero-order valence-corrected chi connectivity index (χ0v) is 12.0. The fourth-order valence-corrected chi connectivity index (χ4v) is 2.86. The van der Waals surface area contributed by atoms with Gasteiger partial charge in [0.1, 0.15) is 0 Å². The second-order valence-electron chi connectivity index (χ2n) is 4.66. The van der Waals surface area contributed by atoms with E-state index in [-0.39, 0.29) is 11.4 Å². The van der Waals surface area contributed by atoms with Gasteiger partial charge in [0.15, 0.2) is 0 Å². The fourth-order valence-electron chi connectivity index (χ4n) is 1.24. The first-order chi connectivity index (χ1) is 7.97. The molecule has 3 N–H and O–H groups in total. The molecular formula is C12H20N2OS2. The highest BCUT2D eigenvalue weighted by molar-refractivity contribution is 8.00. The van der Waals surface area contributed by atoms with Gasteiger partial charge in [-0.15, -0.1) is 11.3 Å². The van der Waals surface area contributed by atoms with Crippen molar-refractivity contribution in [3.8, 4) is 0 Å². The van der Waals surface area contributed by atoms with Crippen LogP contribution in [0.2, 0.25) is 0 Å². The van der Waals surface area contributed by atoms with Crippen LogP contribution in [0.15, 0.2) is 17.5 Å². The highest BCUT2D eigenvalue weighted by atomic mass is 32.2. The molecule has 5 heteroatoms. The average molecular weight is 272 g/mol. The molecule has 0 atom stereocenters. The maximum Gasteiger partial charge on any atom is 0.230 e. The maximum atomic E-state index is 11.5. The van der Waals surface area contributed by atoms with Crippen LogP contribution in [0.5, 0.6) is 0 Å². The van der Waals surface area contributed by atoms with Crippen LogP contribution < -0.4 is 11.1 Å². The molecule has 0 unspecified atom stereocenters. The molecule has 0 saturated heterocycles. The molecule has 96 valence electrons. The van der Waals surface area contributed by atoms with Crippen LogP contribution in [-0.4, -0.2) is 29.5 Å². The van der Waals surface area contributed by atoms with Crippen molar-refractivity contribution < 1.29 is 4.79 Å². The number of carbonyl (C=O) groups is 1. The van der Waals surface area contributed by atoms with E-state index in [0.717, 1.165) is 12.2 Å². The Labute approximate surface area is 111 Å². The predicted molar refractivity (Wildman–Crippen MR) is 76.6 cm³/mol. The zero-order chi connectivity index (χ0) is 12.7. The van der Waals surface area contributed by atoms with Crippen molar-refractivity contribution in [3.63, 3.8) is 0 Å². The Balaban J connectivity index is 2.05. The number of nitrogens with one attached hydrogen (secondary N) is 1. The third-order valence-corrected chi connectivity index (χ3v) is 4.33. The number of nitrogens with two attached hydrogens (primary N) is 1. The molecule has 0 aliphatic carbocycles. The summed E-state index contributed by atoms with van der Waals surface area (Å²) >= 11 is 3.30. The SMILES string of the molecule is CC(C)(N)CSCC(=O)NCCc1cccs1. The van der Waals surface area contributed by atoms with Crippen molar-refractivity contribution in [2.24, 2.45) is 5.73 Å². The third-order valence-electron chi connectivity index (χ3n) is 1.98. The molecule has 1 amide bonds. The van der Waals surface area contributed by atoms with Gasteiger partial charge in [0, 0.05) is 22.7 Å². The fraction of sp³-hybridized carbons (Fsp3) is 0.583. The van der Waals surface area contributed by atoms with Gasteiger partial charge in [0.25, 0.3) is 0 Å². The minimum atomic E-state index is -0.206. The molecule has 1 heterocycles. The molecule has 1 aromatic rings. The van der Waals surface area contributed by atoms with Crippen LogP contribution in [0.25, 0.3) is 0 Å². The van der Waals surface area contributed by atoms with E-state index < -0.39 is 0 Å². The lowest BCUT2D eigenvalue weighted by molar-refractivity contribution is -0.118. The number of rotatable bonds is 7. The lowest BCUT2D eigenvalue weighted by Crippen LogP contribution is -2.36. The first kappa shape index (κ1) is 14.5. The lowest BCUT2D eigenvalue weighted by Gasteiger charge is -2.17. The smallest absolute Gasteiger partial charge is 0.230 e. The first-order valence-corrected chi connectivity index (χ1v) is 7.66. The quantitative estimate of drug-likeness (QED) is 0.797. The molecule has 3 nitrogen and oxygen atoms in total. The third kappa shape index (κ3) is 7.41. The van der Waals surface area contributed by atoms with Gasteiger partial charge in [-0.05, 0) is 31.7 Å². The standard InChI is InChI=1S/C12H20N2OS2/c1-12(2,13)9-16-8-11(15)14-6-5-10-4-3-7-17-10/h3-4,7H,5-6,8-9,13H2,1-2H3,(H,14,15). The second-order valence-corrected chi connectivity index (χ2v) is 6.68. The first-order valence-electron chi connectivity index (χ1n) is 5.63. The van der Waals surface area contributed by atoms with Crippen molar-refractivity contribution in [1.82, 2.24) is 5.32 Å². The summed E-state index contributed by atoms with van der Waals surface area (Å²) < 4.78 is 0. The van der Waals surface area contributed by atoms with Crippen molar-refractivity contribution >= 4 is 29.0 Å². The lowest BCUT2D eigenvalue weighted by atomic mass is 10.1. The van der Waals surface area contributed by atoms with Crippen molar-refractivity contribution in [2.75, 3.05) is 18.1 Å². The van der Waals surface area contributed by atoms with E-state index >= 15 is 0 Å². The van der Waals surface area contributed by atoms with E-state index in [9.17, 15) is 4.79 Å². The highest BCUT2D eigenvalue weighted by Crippen LogP contribution is 2.10. The minimum Gasteiger partial charge on any atom is -0.355 e. The second kappa shape index (κ2) is 7.03. The number of amides is 1. The Bertz CT molecular complexity index is 331. The van der Waals surface area contributed by atoms with Crippen molar-refractivity contribution in [3.05, 3.63) is 22.4 Å². The van der Waals surface area contributed by atoms with Gasteiger partial charge in [-0.3, -0.25) is 4.79 Å². The number of thioether (sulfide) groups is 1. The summed E-state index contributed by atoms with van der Waals surface area (Å²) in [4.78, 5) is 12.8. The monoisotopic (exact) mass is 272 g/mol. The molecule has 1 rings (SSSR count). The maximum absolute atomic E-state index is 11.5. The summed E-state index contributed by atoms with van der Waals surface area (Å²) in [5, 5.41) is 4.97. The summed E-state index contributed by atoms with van der Waals surface area (Å²) in [5.74, 6) is 1.38. The molecule has 0 aliphatic rings. The Morgan fingerprint density at radius 3 is 2.94 bits per heavy atom. The van der Waals surface area contributed by atoms with Crippen LogP contribution in [0.1, 0.15) is 18.7 Å². The van der Waals surface area contributed by atoms with Crippen LogP contribution in [0.3, 0.4) is 0 Å². The van der Waals surface area contributed by atoms with Crippen LogP contribution in [0.4, 0.5) is 0 Å². The van der Waals surface area contributed by atoms with E-state index in [4.69, 9.17) is 5.73 Å². The topological polar surface area (TPSA) is 55.1 Å². The van der Waals surface area contributed by atoms with E-state index in [1.807, 2.05) is 19.9 Å². The van der Waals surface area contributed by atoms with Crippen LogP contribution >= 0.6 is 23.1 Å². The zero-order valence-electron chi connectivity index (χ0n) is 10.4. The largest absolute Gasteiger partial charge is 0.355 e. The number of carbonyl (C=O) groups excluding carboxylic acids is 1. The Kier molecular flexibility index (Phi) is 6.02. The number of hydrogen-bond acceptors (Lipinski definition) is 4. The summed E-state index contributed by atoms with van der Waals surface area (Å²) in [5.41, 5.74) is 5.63. The number of hydrogen-bond donors (Lipinski definition) is 2. The normalized spacial score (nSPS) is 11.5. The van der Waals surface area contributed by atoms with Gasteiger partial charge in [0.05, 0.1) is 5.75 Å². The van der Waals surface area contributed by atoms with E-state index in [2.05, 4.69) is 16.8 Å². The van der Waals surface area contributed by atoms with Gasteiger partial charge >= 0.3 is 0 Å². The highest BCUT2D eigenvalue weighted by Gasteiger charge is 2.11. The summed E-state index contributed by atoms with van der Waals surface area (Å²) in [6, 6.07) is 4.11. The van der Waals surface area contributed by atoms with Gasteiger partial charge in [0.2, 0.25) is 5.91 Å². The molecule has 0 aromatic carbocycles. The van der Waals surface area contributed by atoms with E-state index in [0.29, 0.717) is 12.3 Å². The molecule has 0 aliphatic heterocycles. The Hall–Kier alpha value is -0.520. The molecule has 0 radical (unpaired) electrons. The molecule has 0 bridgehead atoms. The van der Waals surface area contributed by atoms with Gasteiger partial charge < -0.3 is 11.1 Å². The van der Waals surface area contributed by atoms with Crippen LogP contribution in [-0.2, 0) is 11.2 Å². The Morgan fingerprint density at radius 1 is 1.59 bits per heavy atom. The summed E-state index contributed by atoms with van der Waals surface area (Å²) in [7, 11) is 0. The van der Waals surface area contributed by atoms with Gasteiger partial charge in [-0.1, -0.05) is 6.07 Å². The van der Waals surface area contributed by atoms with Crippen molar-refractivity contribution in [2.45, 2.75) is 25.8 Å². The van der Waals surface area contributed by atoms with Gasteiger partial charge in [-0.2, -0.15) is 11.8 Å². The summed E-state index contributed by atoms with van der Waals surface area (Å²) in [6.07, 6.45) is 0.913. The van der Waals surface area contributed by atoms with E-state index in [1.165, 1.54) is 4.88 Å². The molecule has 17 heavy (non-hydrogen) atoms. The summed E-state index contributed by atoms with van der Waals surface area (Å²) in [6.45, 7) is 4.65. The Morgan fingerprint density at radius 2 is 2.35 bits per heavy atom. The molecular weight excluding hydrogens is 252 g/mol. The molecule has 1 aromatic heterocycles. The molecule has 0 fully saturated rings.